The minimum absolute atomic E-state index is 0.161. The molecule has 0 unspecified atom stereocenters. The number of thioether (sulfide) groups is 1. The molecule has 82 valence electrons. The van der Waals surface area contributed by atoms with Crippen molar-refractivity contribution in [1.29, 1.82) is 0 Å². The van der Waals surface area contributed by atoms with Gasteiger partial charge in [-0.1, -0.05) is 17.8 Å². The molecule has 16 heavy (non-hydrogen) atoms. The fraction of sp³-hybridized carbons (Fsp3) is 0.100. The van der Waals surface area contributed by atoms with E-state index in [0.29, 0.717) is 0 Å². The summed E-state index contributed by atoms with van der Waals surface area (Å²) in [5.41, 5.74) is 0.161. The highest BCUT2D eigenvalue weighted by molar-refractivity contribution is 8.15. The summed E-state index contributed by atoms with van der Waals surface area (Å²) in [5, 5.41) is 2.69. The Kier molecular flexibility index (Phi) is 3.00. The molecule has 0 bridgehead atoms. The summed E-state index contributed by atoms with van der Waals surface area (Å²) in [7, 11) is 0. The first-order valence-corrected chi connectivity index (χ1v) is 5.45. The number of amides is 2. The Labute approximate surface area is 94.9 Å². The summed E-state index contributed by atoms with van der Waals surface area (Å²) in [6.07, 6.45) is 0. The largest absolute Gasteiger partial charge is 0.304 e. The molecule has 2 amide bonds. The second kappa shape index (κ2) is 4.44. The quantitative estimate of drug-likeness (QED) is 0.799. The lowest BCUT2D eigenvalue weighted by atomic mass is 10.2. The van der Waals surface area contributed by atoms with Gasteiger partial charge in [-0.25, -0.2) is 4.39 Å². The standard InChI is InChI=1S/C10H7FN2O2S/c11-7-3-1-2-6(4-7)9(15)13-10-12-8(14)5-16-10/h1-4H,5H2,(H,12,13,14,15). The zero-order valence-electron chi connectivity index (χ0n) is 8.07. The van der Waals surface area contributed by atoms with Crippen LogP contribution >= 0.6 is 11.8 Å². The van der Waals surface area contributed by atoms with E-state index in [2.05, 4.69) is 10.3 Å². The molecule has 1 aromatic rings. The maximum atomic E-state index is 12.8. The van der Waals surface area contributed by atoms with Gasteiger partial charge in [0.25, 0.3) is 5.91 Å². The summed E-state index contributed by atoms with van der Waals surface area (Å²) in [6, 6.07) is 5.25. The lowest BCUT2D eigenvalue weighted by Crippen LogP contribution is -2.21. The van der Waals surface area contributed by atoms with Gasteiger partial charge >= 0.3 is 0 Å². The highest BCUT2D eigenvalue weighted by Gasteiger charge is 2.18. The number of hydrogen-bond acceptors (Lipinski definition) is 3. The predicted octanol–water partition coefficient (Wildman–Crippen LogP) is 1.18. The number of nitrogens with one attached hydrogen (secondary N) is 1. The Morgan fingerprint density at radius 1 is 1.50 bits per heavy atom. The monoisotopic (exact) mass is 238 g/mol. The van der Waals surface area contributed by atoms with Crippen molar-refractivity contribution < 1.29 is 14.0 Å². The molecule has 4 nitrogen and oxygen atoms in total. The number of aliphatic imine (C=N–C) groups is 1. The van der Waals surface area contributed by atoms with E-state index in [1.54, 1.807) is 0 Å². The van der Waals surface area contributed by atoms with E-state index < -0.39 is 11.7 Å². The first-order valence-electron chi connectivity index (χ1n) is 4.46. The summed E-state index contributed by atoms with van der Waals surface area (Å²) < 4.78 is 12.8. The zero-order chi connectivity index (χ0) is 11.5. The average Bonchev–Trinajstić information content (AvgIpc) is 2.64. The number of nitrogens with zero attached hydrogens (tertiary/aromatic N) is 1. The molecule has 1 N–H and O–H groups in total. The van der Waals surface area contributed by atoms with Crippen LogP contribution in [0, 0.1) is 5.82 Å². The number of carbonyl (C=O) groups is 2. The molecule has 1 aliphatic rings. The van der Waals surface area contributed by atoms with Crippen LogP contribution < -0.4 is 5.32 Å². The fourth-order valence-electron chi connectivity index (χ4n) is 1.16. The van der Waals surface area contributed by atoms with Crippen molar-refractivity contribution in [2.75, 3.05) is 5.75 Å². The first kappa shape index (κ1) is 10.8. The van der Waals surface area contributed by atoms with Crippen LogP contribution in [0.3, 0.4) is 0 Å². The van der Waals surface area contributed by atoms with Crippen LogP contribution in [-0.2, 0) is 4.79 Å². The molecule has 0 radical (unpaired) electrons. The Morgan fingerprint density at radius 2 is 2.31 bits per heavy atom. The maximum Gasteiger partial charge on any atom is 0.279 e. The van der Waals surface area contributed by atoms with Gasteiger partial charge in [-0.05, 0) is 18.2 Å². The fourth-order valence-corrected chi connectivity index (χ4v) is 1.84. The van der Waals surface area contributed by atoms with Crippen LogP contribution in [0.25, 0.3) is 0 Å². The van der Waals surface area contributed by atoms with Gasteiger partial charge in [-0.15, -0.1) is 0 Å². The Bertz CT molecular complexity index is 487. The van der Waals surface area contributed by atoms with Gasteiger partial charge in [0.1, 0.15) is 5.82 Å². The molecule has 6 heteroatoms. The SMILES string of the molecule is O=C1CSC(=NC(=O)c2cccc(F)c2)N1. The van der Waals surface area contributed by atoms with Crippen molar-refractivity contribution in [3.8, 4) is 0 Å². The summed E-state index contributed by atoms with van der Waals surface area (Å²) in [4.78, 5) is 26.1. The minimum Gasteiger partial charge on any atom is -0.304 e. The number of rotatable bonds is 1. The Hall–Kier alpha value is -1.69. The van der Waals surface area contributed by atoms with Crippen LogP contribution in [0.4, 0.5) is 4.39 Å². The molecule has 0 aliphatic carbocycles. The third-order valence-electron chi connectivity index (χ3n) is 1.86. The van der Waals surface area contributed by atoms with Gasteiger partial charge in [0.05, 0.1) is 5.75 Å². The van der Waals surface area contributed by atoms with Crippen molar-refractivity contribution in [3.05, 3.63) is 35.6 Å². The van der Waals surface area contributed by atoms with Crippen LogP contribution in [0.2, 0.25) is 0 Å². The number of amidine groups is 1. The molecular formula is C10H7FN2O2S. The molecule has 1 heterocycles. The van der Waals surface area contributed by atoms with Crippen molar-refractivity contribution in [2.45, 2.75) is 0 Å². The van der Waals surface area contributed by atoms with E-state index in [9.17, 15) is 14.0 Å². The molecule has 0 spiro atoms. The minimum atomic E-state index is -0.566. The first-order chi connectivity index (χ1) is 7.65. The highest BCUT2D eigenvalue weighted by Crippen LogP contribution is 2.11. The molecule has 1 aliphatic heterocycles. The van der Waals surface area contributed by atoms with Crippen molar-refractivity contribution in [3.63, 3.8) is 0 Å². The Balaban J connectivity index is 2.17. The summed E-state index contributed by atoms with van der Waals surface area (Å²) >= 11 is 1.15. The van der Waals surface area contributed by atoms with Crippen LogP contribution in [0.1, 0.15) is 10.4 Å². The van der Waals surface area contributed by atoms with E-state index >= 15 is 0 Å². The van der Waals surface area contributed by atoms with Crippen LogP contribution in [-0.4, -0.2) is 22.7 Å². The molecule has 0 aromatic heterocycles. The van der Waals surface area contributed by atoms with E-state index in [0.717, 1.165) is 17.8 Å². The number of halogens is 1. The molecular weight excluding hydrogens is 231 g/mol. The molecule has 1 fully saturated rings. The average molecular weight is 238 g/mol. The molecule has 1 saturated heterocycles. The molecule has 0 saturated carbocycles. The van der Waals surface area contributed by atoms with E-state index in [1.165, 1.54) is 18.2 Å². The van der Waals surface area contributed by atoms with Gasteiger partial charge in [0, 0.05) is 5.56 Å². The third kappa shape index (κ3) is 2.46. The van der Waals surface area contributed by atoms with Crippen molar-refractivity contribution >= 4 is 28.7 Å². The van der Waals surface area contributed by atoms with Gasteiger partial charge in [0.15, 0.2) is 5.17 Å². The van der Waals surface area contributed by atoms with E-state index in [4.69, 9.17) is 0 Å². The number of hydrogen-bond donors (Lipinski definition) is 1. The molecule has 0 atom stereocenters. The summed E-state index contributed by atoms with van der Waals surface area (Å²) in [5.74, 6) is -0.982. The predicted molar refractivity (Wildman–Crippen MR) is 58.8 cm³/mol. The highest BCUT2D eigenvalue weighted by atomic mass is 32.2. The maximum absolute atomic E-state index is 12.8. The van der Waals surface area contributed by atoms with Crippen molar-refractivity contribution in [2.24, 2.45) is 4.99 Å². The normalized spacial score (nSPS) is 17.6. The van der Waals surface area contributed by atoms with Crippen molar-refractivity contribution in [1.82, 2.24) is 5.32 Å². The van der Waals surface area contributed by atoms with E-state index in [-0.39, 0.29) is 22.4 Å². The third-order valence-corrected chi connectivity index (χ3v) is 2.73. The van der Waals surface area contributed by atoms with Gasteiger partial charge in [-0.3, -0.25) is 9.59 Å². The summed E-state index contributed by atoms with van der Waals surface area (Å²) in [6.45, 7) is 0. The number of carbonyl (C=O) groups excluding carboxylic acids is 2. The Morgan fingerprint density at radius 3 is 2.94 bits per heavy atom. The van der Waals surface area contributed by atoms with Crippen LogP contribution in [0.15, 0.2) is 29.3 Å². The topological polar surface area (TPSA) is 58.5 Å². The number of benzene rings is 1. The smallest absolute Gasteiger partial charge is 0.279 e. The second-order valence-electron chi connectivity index (χ2n) is 3.07. The molecule has 1 aromatic carbocycles. The van der Waals surface area contributed by atoms with Crippen LogP contribution in [0.5, 0.6) is 0 Å². The van der Waals surface area contributed by atoms with Gasteiger partial charge < -0.3 is 5.32 Å². The zero-order valence-corrected chi connectivity index (χ0v) is 8.88. The van der Waals surface area contributed by atoms with E-state index in [1.807, 2.05) is 0 Å². The second-order valence-corrected chi connectivity index (χ2v) is 4.03. The van der Waals surface area contributed by atoms with Gasteiger partial charge in [-0.2, -0.15) is 4.99 Å². The van der Waals surface area contributed by atoms with Gasteiger partial charge in [0.2, 0.25) is 5.91 Å². The lowest BCUT2D eigenvalue weighted by Gasteiger charge is -1.97. The lowest BCUT2D eigenvalue weighted by molar-refractivity contribution is -0.116. The molecule has 2 rings (SSSR count).